The minimum Gasteiger partial charge on any atom is -0.497 e. The smallest absolute Gasteiger partial charge is 0.332 e. The summed E-state index contributed by atoms with van der Waals surface area (Å²) in [5, 5.41) is 2.82. The van der Waals surface area contributed by atoms with Crippen molar-refractivity contribution in [2.75, 3.05) is 37.6 Å². The van der Waals surface area contributed by atoms with Gasteiger partial charge in [-0.3, -0.25) is 9.59 Å². The number of rotatable bonds is 11. The lowest BCUT2D eigenvalue weighted by Gasteiger charge is -2.21. The molecule has 1 saturated heterocycles. The number of amides is 4. The number of ether oxygens (including phenoxy) is 3. The summed E-state index contributed by atoms with van der Waals surface area (Å²) in [5.41, 5.74) is 1.98. The predicted molar refractivity (Wildman–Crippen MR) is 144 cm³/mol. The van der Waals surface area contributed by atoms with Crippen molar-refractivity contribution in [1.29, 1.82) is 0 Å². The summed E-state index contributed by atoms with van der Waals surface area (Å²) in [6.07, 6.45) is 0.337. The molecule has 1 atom stereocenters. The van der Waals surface area contributed by atoms with Crippen LogP contribution in [0.25, 0.3) is 0 Å². The molecule has 1 aliphatic heterocycles. The van der Waals surface area contributed by atoms with Gasteiger partial charge in [-0.1, -0.05) is 12.1 Å². The zero-order valence-electron chi connectivity index (χ0n) is 21.7. The fraction of sp³-hybridized carbons (Fsp3) is 0.276. The SMILES string of the molecule is CCOc1ccc(NC(=O)CC2C(=O)N(c3ccc(OC)cc3)C(=O)N2CCc2ccc(OC)cc2)cc1. The first kappa shape index (κ1) is 26.5. The summed E-state index contributed by atoms with van der Waals surface area (Å²) in [6, 6.07) is 19.8. The van der Waals surface area contributed by atoms with Crippen LogP contribution in [0.4, 0.5) is 16.2 Å². The van der Waals surface area contributed by atoms with Crippen LogP contribution >= 0.6 is 0 Å². The average molecular weight is 518 g/mol. The van der Waals surface area contributed by atoms with Crippen molar-refractivity contribution in [3.63, 3.8) is 0 Å². The molecule has 0 spiro atoms. The molecule has 4 rings (SSSR count). The quantitative estimate of drug-likeness (QED) is 0.376. The number of nitrogens with one attached hydrogen (secondary N) is 1. The van der Waals surface area contributed by atoms with Crippen LogP contribution < -0.4 is 24.4 Å². The van der Waals surface area contributed by atoms with Crippen molar-refractivity contribution in [3.05, 3.63) is 78.4 Å². The number of hydrogen-bond donors (Lipinski definition) is 1. The molecule has 9 heteroatoms. The summed E-state index contributed by atoms with van der Waals surface area (Å²) in [4.78, 5) is 42.5. The number of methoxy groups -OCH3 is 2. The average Bonchev–Trinajstić information content (AvgIpc) is 3.17. The normalized spacial score (nSPS) is 15.0. The molecule has 1 unspecified atom stereocenters. The largest absolute Gasteiger partial charge is 0.497 e. The van der Waals surface area contributed by atoms with Crippen molar-refractivity contribution in [3.8, 4) is 17.2 Å². The van der Waals surface area contributed by atoms with Crippen LogP contribution in [0, 0.1) is 0 Å². The van der Waals surface area contributed by atoms with Gasteiger partial charge in [-0.25, -0.2) is 9.69 Å². The number of hydrogen-bond acceptors (Lipinski definition) is 6. The number of urea groups is 1. The molecule has 0 bridgehead atoms. The molecule has 0 aliphatic carbocycles. The van der Waals surface area contributed by atoms with Gasteiger partial charge in [0, 0.05) is 12.2 Å². The van der Waals surface area contributed by atoms with E-state index in [1.807, 2.05) is 31.2 Å². The standard InChI is InChI=1S/C29H31N3O6/c1-4-38-25-13-7-21(8-14-25)30-27(33)19-26-28(34)32(22-9-15-24(37-3)16-10-22)29(35)31(26)18-17-20-5-11-23(36-2)12-6-20/h5-16,26H,4,17-19H2,1-3H3,(H,30,33). The minimum absolute atomic E-state index is 0.174. The molecule has 198 valence electrons. The second-order valence-corrected chi connectivity index (χ2v) is 8.67. The number of carbonyl (C=O) groups is 3. The topological polar surface area (TPSA) is 97.4 Å². The third kappa shape index (κ3) is 6.05. The maximum absolute atomic E-state index is 13.5. The first-order valence-electron chi connectivity index (χ1n) is 12.4. The fourth-order valence-corrected chi connectivity index (χ4v) is 4.29. The van der Waals surface area contributed by atoms with E-state index >= 15 is 0 Å². The van der Waals surface area contributed by atoms with Crippen molar-refractivity contribution in [2.24, 2.45) is 0 Å². The van der Waals surface area contributed by atoms with Crippen LogP contribution in [-0.2, 0) is 16.0 Å². The van der Waals surface area contributed by atoms with E-state index in [1.54, 1.807) is 62.8 Å². The van der Waals surface area contributed by atoms with Crippen molar-refractivity contribution >= 4 is 29.2 Å². The van der Waals surface area contributed by atoms with Crippen molar-refractivity contribution in [2.45, 2.75) is 25.8 Å². The highest BCUT2D eigenvalue weighted by molar-refractivity contribution is 6.22. The molecule has 1 fully saturated rings. The van der Waals surface area contributed by atoms with E-state index in [9.17, 15) is 14.4 Å². The Morgan fingerprint density at radius 3 is 2.00 bits per heavy atom. The minimum atomic E-state index is -0.939. The molecule has 0 radical (unpaired) electrons. The van der Waals surface area contributed by atoms with E-state index in [4.69, 9.17) is 14.2 Å². The molecule has 1 heterocycles. The van der Waals surface area contributed by atoms with Crippen LogP contribution in [0.2, 0.25) is 0 Å². The Morgan fingerprint density at radius 1 is 0.842 bits per heavy atom. The predicted octanol–water partition coefficient (Wildman–Crippen LogP) is 4.51. The molecule has 0 aromatic heterocycles. The van der Waals surface area contributed by atoms with Crippen molar-refractivity contribution < 1.29 is 28.6 Å². The van der Waals surface area contributed by atoms with E-state index < -0.39 is 18.0 Å². The van der Waals surface area contributed by atoms with E-state index in [0.29, 0.717) is 35.9 Å². The summed E-state index contributed by atoms with van der Waals surface area (Å²) in [7, 11) is 3.14. The van der Waals surface area contributed by atoms with Gasteiger partial charge in [0.2, 0.25) is 5.91 Å². The van der Waals surface area contributed by atoms with E-state index in [-0.39, 0.29) is 18.9 Å². The zero-order valence-corrected chi connectivity index (χ0v) is 21.7. The highest BCUT2D eigenvalue weighted by atomic mass is 16.5. The number of imide groups is 1. The second-order valence-electron chi connectivity index (χ2n) is 8.67. The van der Waals surface area contributed by atoms with Crippen LogP contribution in [0.1, 0.15) is 18.9 Å². The first-order chi connectivity index (χ1) is 18.4. The van der Waals surface area contributed by atoms with Crippen LogP contribution in [-0.4, -0.2) is 56.2 Å². The Hall–Kier alpha value is -4.53. The monoisotopic (exact) mass is 517 g/mol. The molecular formula is C29H31N3O6. The van der Waals surface area contributed by atoms with Crippen LogP contribution in [0.3, 0.4) is 0 Å². The van der Waals surface area contributed by atoms with Gasteiger partial charge in [0.1, 0.15) is 23.3 Å². The Balaban J connectivity index is 1.52. The number of benzene rings is 3. The lowest BCUT2D eigenvalue weighted by molar-refractivity contribution is -0.124. The third-order valence-corrected chi connectivity index (χ3v) is 6.28. The van der Waals surface area contributed by atoms with Gasteiger partial charge in [-0.05, 0) is 79.6 Å². The molecule has 4 amide bonds. The second kappa shape index (κ2) is 12.1. The summed E-state index contributed by atoms with van der Waals surface area (Å²) < 4.78 is 15.8. The maximum Gasteiger partial charge on any atom is 0.332 e. The third-order valence-electron chi connectivity index (χ3n) is 6.28. The zero-order chi connectivity index (χ0) is 27.1. The van der Waals surface area contributed by atoms with Gasteiger partial charge in [0.15, 0.2) is 0 Å². The summed E-state index contributed by atoms with van der Waals surface area (Å²) in [5.74, 6) is 1.22. The number of carbonyl (C=O) groups excluding carboxylic acids is 3. The Morgan fingerprint density at radius 2 is 1.42 bits per heavy atom. The number of nitrogens with zero attached hydrogens (tertiary/aromatic N) is 2. The highest BCUT2D eigenvalue weighted by Crippen LogP contribution is 2.29. The van der Waals surface area contributed by atoms with Gasteiger partial charge in [0.25, 0.3) is 5.91 Å². The van der Waals surface area contributed by atoms with Crippen molar-refractivity contribution in [1.82, 2.24) is 4.90 Å². The maximum atomic E-state index is 13.5. The lowest BCUT2D eigenvalue weighted by Crippen LogP contribution is -2.39. The van der Waals surface area contributed by atoms with E-state index in [0.717, 1.165) is 16.2 Å². The fourth-order valence-electron chi connectivity index (χ4n) is 4.29. The van der Waals surface area contributed by atoms with Gasteiger partial charge in [-0.15, -0.1) is 0 Å². The Bertz CT molecular complexity index is 1260. The number of anilines is 2. The summed E-state index contributed by atoms with van der Waals surface area (Å²) in [6.45, 7) is 2.70. The molecule has 3 aromatic carbocycles. The molecule has 1 aliphatic rings. The summed E-state index contributed by atoms with van der Waals surface area (Å²) >= 11 is 0. The molecular weight excluding hydrogens is 486 g/mol. The van der Waals surface area contributed by atoms with E-state index in [1.165, 1.54) is 4.90 Å². The van der Waals surface area contributed by atoms with Gasteiger partial charge in [-0.2, -0.15) is 0 Å². The van der Waals surface area contributed by atoms with Crippen LogP contribution in [0.15, 0.2) is 72.8 Å². The molecule has 1 N–H and O–H groups in total. The van der Waals surface area contributed by atoms with Crippen LogP contribution in [0.5, 0.6) is 17.2 Å². The van der Waals surface area contributed by atoms with Gasteiger partial charge in [0.05, 0.1) is 32.9 Å². The Labute approximate surface area is 221 Å². The lowest BCUT2D eigenvalue weighted by atomic mass is 10.1. The van der Waals surface area contributed by atoms with E-state index in [2.05, 4.69) is 5.32 Å². The van der Waals surface area contributed by atoms with Gasteiger partial charge >= 0.3 is 6.03 Å². The Kier molecular flexibility index (Phi) is 8.47. The molecule has 3 aromatic rings. The molecule has 38 heavy (non-hydrogen) atoms. The first-order valence-corrected chi connectivity index (χ1v) is 12.4. The highest BCUT2D eigenvalue weighted by Gasteiger charge is 2.46. The molecule has 9 nitrogen and oxygen atoms in total. The molecule has 0 saturated carbocycles. The van der Waals surface area contributed by atoms with Gasteiger partial charge < -0.3 is 24.4 Å².